The van der Waals surface area contributed by atoms with E-state index >= 15 is 0 Å². The zero-order valence-electron chi connectivity index (χ0n) is 8.99. The highest BCUT2D eigenvalue weighted by Crippen LogP contribution is 2.38. The number of methoxy groups -OCH3 is 1. The van der Waals surface area contributed by atoms with E-state index in [1.54, 1.807) is 7.11 Å². The summed E-state index contributed by atoms with van der Waals surface area (Å²) in [4.78, 5) is 11.6. The van der Waals surface area contributed by atoms with Gasteiger partial charge in [0.25, 0.3) is 0 Å². The molecule has 1 N–H and O–H groups in total. The van der Waals surface area contributed by atoms with E-state index in [0.29, 0.717) is 5.92 Å². The second kappa shape index (κ2) is 3.93. The van der Waals surface area contributed by atoms with E-state index in [4.69, 9.17) is 4.74 Å². The third-order valence-corrected chi connectivity index (χ3v) is 2.80. The molecule has 1 aromatic carbocycles. The summed E-state index contributed by atoms with van der Waals surface area (Å²) in [6.07, 6.45) is 1.02. The molecule has 0 aromatic heterocycles. The number of rotatable bonds is 3. The van der Waals surface area contributed by atoms with E-state index in [-0.39, 0.29) is 11.8 Å². The zero-order valence-corrected chi connectivity index (χ0v) is 8.99. The maximum Gasteiger partial charge on any atom is 0.227 e. The summed E-state index contributed by atoms with van der Waals surface area (Å²) in [5, 5.41) is 2.89. The van der Waals surface area contributed by atoms with Crippen molar-refractivity contribution in [2.75, 3.05) is 12.4 Å². The highest BCUT2D eigenvalue weighted by molar-refractivity contribution is 5.94. The molecule has 0 heterocycles. The minimum absolute atomic E-state index is 0.132. The lowest BCUT2D eigenvalue weighted by Crippen LogP contribution is -2.14. The zero-order chi connectivity index (χ0) is 10.8. The maximum absolute atomic E-state index is 11.6. The summed E-state index contributed by atoms with van der Waals surface area (Å²) >= 11 is 0. The Balaban J connectivity index is 1.95. The first-order valence-corrected chi connectivity index (χ1v) is 5.15. The van der Waals surface area contributed by atoms with Crippen LogP contribution in [-0.4, -0.2) is 13.0 Å². The SMILES string of the molecule is COc1ccc(NC(=O)[C@H]2C[C@@H]2C)cc1. The van der Waals surface area contributed by atoms with Crippen molar-refractivity contribution in [2.45, 2.75) is 13.3 Å². The van der Waals surface area contributed by atoms with E-state index in [9.17, 15) is 4.79 Å². The third kappa shape index (κ3) is 2.29. The lowest BCUT2D eigenvalue weighted by Gasteiger charge is -2.05. The first kappa shape index (κ1) is 10.0. The lowest BCUT2D eigenvalue weighted by atomic mass is 10.2. The van der Waals surface area contributed by atoms with Crippen LogP contribution in [0.3, 0.4) is 0 Å². The van der Waals surface area contributed by atoms with Gasteiger partial charge in [-0.2, -0.15) is 0 Å². The van der Waals surface area contributed by atoms with Crippen LogP contribution in [-0.2, 0) is 4.79 Å². The van der Waals surface area contributed by atoms with Gasteiger partial charge in [-0.1, -0.05) is 6.92 Å². The molecule has 2 atom stereocenters. The fourth-order valence-electron chi connectivity index (χ4n) is 1.60. The number of nitrogens with one attached hydrogen (secondary N) is 1. The highest BCUT2D eigenvalue weighted by atomic mass is 16.5. The first-order valence-electron chi connectivity index (χ1n) is 5.15. The molecular formula is C12H15NO2. The van der Waals surface area contributed by atoms with Crippen molar-refractivity contribution in [1.82, 2.24) is 0 Å². The third-order valence-electron chi connectivity index (χ3n) is 2.80. The Morgan fingerprint density at radius 3 is 2.47 bits per heavy atom. The van der Waals surface area contributed by atoms with Crippen LogP contribution in [0.2, 0.25) is 0 Å². The van der Waals surface area contributed by atoms with Crippen LogP contribution in [0.4, 0.5) is 5.69 Å². The number of hydrogen-bond donors (Lipinski definition) is 1. The number of carbonyl (C=O) groups excluding carboxylic acids is 1. The molecule has 0 spiro atoms. The lowest BCUT2D eigenvalue weighted by molar-refractivity contribution is -0.117. The summed E-state index contributed by atoms with van der Waals surface area (Å²) in [5.41, 5.74) is 0.833. The second-order valence-electron chi connectivity index (χ2n) is 4.04. The van der Waals surface area contributed by atoms with Crippen LogP contribution >= 0.6 is 0 Å². The molecule has 0 bridgehead atoms. The van der Waals surface area contributed by atoms with Crippen molar-refractivity contribution in [3.05, 3.63) is 24.3 Å². The fraction of sp³-hybridized carbons (Fsp3) is 0.417. The maximum atomic E-state index is 11.6. The van der Waals surface area contributed by atoms with Gasteiger partial charge in [0, 0.05) is 11.6 Å². The summed E-state index contributed by atoms with van der Waals surface area (Å²) in [6, 6.07) is 7.38. The Hall–Kier alpha value is -1.51. The predicted molar refractivity (Wildman–Crippen MR) is 58.9 cm³/mol. The number of ether oxygens (including phenoxy) is 1. The highest BCUT2D eigenvalue weighted by Gasteiger charge is 2.38. The predicted octanol–water partition coefficient (Wildman–Crippen LogP) is 2.29. The molecule has 80 valence electrons. The van der Waals surface area contributed by atoms with Crippen molar-refractivity contribution < 1.29 is 9.53 Å². The number of amides is 1. The van der Waals surface area contributed by atoms with E-state index in [1.807, 2.05) is 24.3 Å². The quantitative estimate of drug-likeness (QED) is 0.822. The van der Waals surface area contributed by atoms with Crippen LogP contribution in [0.5, 0.6) is 5.75 Å². The molecule has 1 aromatic rings. The van der Waals surface area contributed by atoms with Crippen molar-refractivity contribution in [2.24, 2.45) is 11.8 Å². The monoisotopic (exact) mass is 205 g/mol. The van der Waals surface area contributed by atoms with Gasteiger partial charge in [-0.15, -0.1) is 0 Å². The van der Waals surface area contributed by atoms with Gasteiger partial charge in [0.2, 0.25) is 5.91 Å². The number of hydrogen-bond acceptors (Lipinski definition) is 2. The van der Waals surface area contributed by atoms with Crippen LogP contribution < -0.4 is 10.1 Å². The normalized spacial score (nSPS) is 23.3. The van der Waals surface area contributed by atoms with E-state index in [0.717, 1.165) is 17.9 Å². The van der Waals surface area contributed by atoms with Gasteiger partial charge < -0.3 is 10.1 Å². The van der Waals surface area contributed by atoms with Crippen LogP contribution in [0.25, 0.3) is 0 Å². The molecule has 0 aliphatic heterocycles. The summed E-state index contributed by atoms with van der Waals surface area (Å²) in [7, 11) is 1.62. The van der Waals surface area contributed by atoms with Crippen LogP contribution in [0.1, 0.15) is 13.3 Å². The smallest absolute Gasteiger partial charge is 0.227 e. The standard InChI is InChI=1S/C12H15NO2/c1-8-7-11(8)12(14)13-9-3-5-10(15-2)6-4-9/h3-6,8,11H,7H2,1-2H3,(H,13,14)/t8-,11-/m0/s1. The Morgan fingerprint density at radius 2 is 2.00 bits per heavy atom. The number of carbonyl (C=O) groups is 1. The van der Waals surface area contributed by atoms with E-state index < -0.39 is 0 Å². The van der Waals surface area contributed by atoms with Crippen molar-refractivity contribution in [1.29, 1.82) is 0 Å². The van der Waals surface area contributed by atoms with Gasteiger partial charge in [-0.05, 0) is 36.6 Å². The van der Waals surface area contributed by atoms with E-state index in [1.165, 1.54) is 0 Å². The van der Waals surface area contributed by atoms with Crippen LogP contribution in [0, 0.1) is 11.8 Å². The van der Waals surface area contributed by atoms with Gasteiger partial charge in [-0.3, -0.25) is 4.79 Å². The topological polar surface area (TPSA) is 38.3 Å². The largest absolute Gasteiger partial charge is 0.497 e. The minimum atomic E-state index is 0.132. The van der Waals surface area contributed by atoms with Gasteiger partial charge in [0.1, 0.15) is 5.75 Å². The van der Waals surface area contributed by atoms with Gasteiger partial charge in [0.15, 0.2) is 0 Å². The Labute approximate surface area is 89.4 Å². The fourth-order valence-corrected chi connectivity index (χ4v) is 1.60. The molecular weight excluding hydrogens is 190 g/mol. The van der Waals surface area contributed by atoms with Crippen LogP contribution in [0.15, 0.2) is 24.3 Å². The number of anilines is 1. The summed E-state index contributed by atoms with van der Waals surface area (Å²) in [5.74, 6) is 1.69. The molecule has 15 heavy (non-hydrogen) atoms. The molecule has 3 heteroatoms. The molecule has 3 nitrogen and oxygen atoms in total. The number of benzene rings is 1. The molecule has 1 fully saturated rings. The van der Waals surface area contributed by atoms with Crippen molar-refractivity contribution in [3.63, 3.8) is 0 Å². The molecule has 1 amide bonds. The second-order valence-corrected chi connectivity index (χ2v) is 4.04. The summed E-state index contributed by atoms with van der Waals surface area (Å²) < 4.78 is 5.04. The molecule has 1 aliphatic rings. The average Bonchev–Trinajstić information content (AvgIpc) is 2.97. The molecule has 0 radical (unpaired) electrons. The van der Waals surface area contributed by atoms with Crippen molar-refractivity contribution >= 4 is 11.6 Å². The average molecular weight is 205 g/mol. The van der Waals surface area contributed by atoms with Gasteiger partial charge in [0.05, 0.1) is 7.11 Å². The molecule has 2 rings (SSSR count). The molecule has 1 saturated carbocycles. The van der Waals surface area contributed by atoms with Crippen molar-refractivity contribution in [3.8, 4) is 5.75 Å². The molecule has 1 aliphatic carbocycles. The Morgan fingerprint density at radius 1 is 1.40 bits per heavy atom. The Bertz CT molecular complexity index is 358. The Kier molecular flexibility index (Phi) is 2.62. The van der Waals surface area contributed by atoms with E-state index in [2.05, 4.69) is 12.2 Å². The van der Waals surface area contributed by atoms with Gasteiger partial charge >= 0.3 is 0 Å². The minimum Gasteiger partial charge on any atom is -0.497 e. The summed E-state index contributed by atoms with van der Waals surface area (Å²) in [6.45, 7) is 2.10. The first-order chi connectivity index (χ1) is 7.20. The molecule has 0 unspecified atom stereocenters. The van der Waals surface area contributed by atoms with Gasteiger partial charge in [-0.25, -0.2) is 0 Å². The molecule has 0 saturated heterocycles.